The van der Waals surface area contributed by atoms with Crippen molar-refractivity contribution in [3.8, 4) is 0 Å². The fourth-order valence-corrected chi connectivity index (χ4v) is 4.28. The maximum atomic E-state index is 10.6. The van der Waals surface area contributed by atoms with Crippen molar-refractivity contribution in [3.63, 3.8) is 0 Å². The molecule has 0 aromatic carbocycles. The largest absolute Gasteiger partial charge is 0.466 e. The molecular weight excluding hydrogens is 494 g/mol. The summed E-state index contributed by atoms with van der Waals surface area (Å²) in [6, 6.07) is 6.83. The monoisotopic (exact) mass is 531 g/mol. The van der Waals surface area contributed by atoms with E-state index in [1.165, 1.54) is 31.8 Å². The van der Waals surface area contributed by atoms with Crippen LogP contribution in [0.15, 0.2) is 36.7 Å². The van der Waals surface area contributed by atoms with Crippen LogP contribution in [0.4, 0.5) is 23.0 Å². The highest BCUT2D eigenvalue weighted by atomic mass is 16.6. The number of nitrogens with two attached hydrogens (primary N) is 1. The first kappa shape index (κ1) is 30.4. The molecule has 4 heterocycles. The summed E-state index contributed by atoms with van der Waals surface area (Å²) in [6.45, 7) is 9.46. The number of hydrogen-bond donors (Lipinski definition) is 1. The van der Waals surface area contributed by atoms with Crippen LogP contribution in [0, 0.1) is 26.1 Å². The Morgan fingerprint density at radius 2 is 1.50 bits per heavy atom. The third-order valence-electron chi connectivity index (χ3n) is 6.03. The molecule has 208 valence electrons. The Kier molecular flexibility index (Phi) is 12.3. The molecule has 4 rings (SSSR count). The predicted octanol–water partition coefficient (Wildman–Crippen LogP) is 3.71. The van der Waals surface area contributed by atoms with Crippen molar-refractivity contribution >= 4 is 29.0 Å². The lowest BCUT2D eigenvalue weighted by atomic mass is 10.00. The Balaban J connectivity index is 0.000000221. The van der Waals surface area contributed by atoms with Crippen LogP contribution < -0.4 is 15.5 Å². The van der Waals surface area contributed by atoms with Gasteiger partial charge in [0.05, 0.1) is 18.7 Å². The first-order valence-corrected chi connectivity index (χ1v) is 12.7. The minimum absolute atomic E-state index is 0.0734. The molecule has 2 N–H and O–H groups in total. The molecule has 38 heavy (non-hydrogen) atoms. The third kappa shape index (κ3) is 10.2. The zero-order chi connectivity index (χ0) is 28.1. The molecule has 0 amide bonds. The van der Waals surface area contributed by atoms with Crippen molar-refractivity contribution in [2.24, 2.45) is 11.7 Å². The highest BCUT2D eigenvalue weighted by Gasteiger charge is 2.20. The van der Waals surface area contributed by atoms with Crippen LogP contribution in [-0.4, -0.2) is 64.6 Å². The van der Waals surface area contributed by atoms with E-state index in [2.05, 4.69) is 31.4 Å². The molecule has 13 heteroatoms. The second-order valence-electron chi connectivity index (χ2n) is 9.23. The zero-order valence-corrected chi connectivity index (χ0v) is 22.2. The average Bonchev–Trinajstić information content (AvgIpc) is 2.89. The third-order valence-corrected chi connectivity index (χ3v) is 6.03. The Labute approximate surface area is 222 Å². The van der Waals surface area contributed by atoms with E-state index >= 15 is 0 Å². The van der Waals surface area contributed by atoms with Gasteiger partial charge in [0.25, 0.3) is 0 Å². The first-order chi connectivity index (χ1) is 18.1. The van der Waals surface area contributed by atoms with Gasteiger partial charge in [0.1, 0.15) is 12.4 Å². The van der Waals surface area contributed by atoms with Gasteiger partial charge in [-0.3, -0.25) is 4.79 Å². The van der Waals surface area contributed by atoms with E-state index in [9.17, 15) is 25.0 Å². The molecule has 0 radical (unpaired) electrons. The fourth-order valence-electron chi connectivity index (χ4n) is 4.28. The standard InChI is InChI=1S/C11H15N3O2.C10H14N4O2.C4H8O2/c1-9-3-2-6-13(8-9)10-4-5-12-11(7-10)14(15)16;11-8-2-1-5-13(7-8)9-3-4-12-10(6-9)14(15)16;1-3-6-4(2)5/h4-5,7,9H,2-3,6,8H2,1H3;3-4,6,8H,1-2,5,7,11H2;3H2,1-2H3/t9-;8-;/m11./s1. The molecule has 13 nitrogen and oxygen atoms in total. The Morgan fingerprint density at radius 3 is 1.89 bits per heavy atom. The van der Waals surface area contributed by atoms with Crippen LogP contribution >= 0.6 is 0 Å². The predicted molar refractivity (Wildman–Crippen MR) is 144 cm³/mol. The SMILES string of the molecule is CCOC(C)=O.C[C@@H]1CCCN(c2ccnc([N+](=O)[O-])c2)C1.N[C@@H]1CCCN(c2ccnc([N+](=O)[O-])c2)C1. The summed E-state index contributed by atoms with van der Waals surface area (Å²) < 4.78 is 4.40. The van der Waals surface area contributed by atoms with Crippen molar-refractivity contribution < 1.29 is 19.4 Å². The Bertz CT molecular complexity index is 995. The average molecular weight is 532 g/mol. The summed E-state index contributed by atoms with van der Waals surface area (Å²) in [6.07, 6.45) is 7.41. The molecule has 0 saturated carbocycles. The summed E-state index contributed by atoms with van der Waals surface area (Å²) in [5.74, 6) is 0.255. The number of carbonyl (C=O) groups is 1. The molecule has 0 spiro atoms. The van der Waals surface area contributed by atoms with E-state index in [1.54, 1.807) is 19.1 Å². The van der Waals surface area contributed by atoms with Crippen molar-refractivity contribution in [3.05, 3.63) is 56.9 Å². The molecule has 0 unspecified atom stereocenters. The molecular formula is C25H37N7O6. The molecule has 0 bridgehead atoms. The lowest BCUT2D eigenvalue weighted by molar-refractivity contribution is -0.389. The van der Waals surface area contributed by atoms with E-state index in [4.69, 9.17) is 5.73 Å². The van der Waals surface area contributed by atoms with Crippen LogP contribution in [-0.2, 0) is 9.53 Å². The second-order valence-corrected chi connectivity index (χ2v) is 9.23. The number of esters is 1. The Morgan fingerprint density at radius 1 is 1.00 bits per heavy atom. The number of nitro groups is 2. The lowest BCUT2D eigenvalue weighted by Crippen LogP contribution is -2.42. The van der Waals surface area contributed by atoms with Crippen LogP contribution in [0.2, 0.25) is 0 Å². The molecule has 2 atom stereocenters. The maximum Gasteiger partial charge on any atom is 0.365 e. The number of carbonyl (C=O) groups excluding carboxylic acids is 1. The molecule has 2 fully saturated rings. The van der Waals surface area contributed by atoms with Gasteiger partial charge < -0.3 is 40.5 Å². The van der Waals surface area contributed by atoms with E-state index < -0.39 is 9.85 Å². The van der Waals surface area contributed by atoms with Crippen molar-refractivity contribution in [2.45, 2.75) is 52.5 Å². The molecule has 2 aromatic rings. The molecule has 2 aromatic heterocycles. The number of pyridine rings is 2. The molecule has 2 aliphatic rings. The maximum absolute atomic E-state index is 10.6. The highest BCUT2D eigenvalue weighted by Crippen LogP contribution is 2.25. The van der Waals surface area contributed by atoms with Crippen LogP contribution in [0.5, 0.6) is 0 Å². The number of ether oxygens (including phenoxy) is 1. The topological polar surface area (TPSA) is 171 Å². The quantitative estimate of drug-likeness (QED) is 0.339. The van der Waals surface area contributed by atoms with E-state index in [0.717, 1.165) is 56.8 Å². The summed E-state index contributed by atoms with van der Waals surface area (Å²) in [7, 11) is 0. The number of aromatic nitrogens is 2. The minimum Gasteiger partial charge on any atom is -0.466 e. The van der Waals surface area contributed by atoms with Crippen molar-refractivity contribution in [2.75, 3.05) is 42.6 Å². The van der Waals surface area contributed by atoms with Gasteiger partial charge in [-0.15, -0.1) is 0 Å². The van der Waals surface area contributed by atoms with Crippen LogP contribution in [0.3, 0.4) is 0 Å². The second kappa shape index (κ2) is 15.4. The minimum atomic E-state index is -0.479. The summed E-state index contributed by atoms with van der Waals surface area (Å²) >= 11 is 0. The fraction of sp³-hybridized carbons (Fsp3) is 0.560. The van der Waals surface area contributed by atoms with Gasteiger partial charge in [0.2, 0.25) is 0 Å². The normalized spacial score (nSPS) is 18.7. The van der Waals surface area contributed by atoms with Gasteiger partial charge in [0, 0.05) is 62.7 Å². The molecule has 2 aliphatic heterocycles. The lowest BCUT2D eigenvalue weighted by Gasteiger charge is -2.32. The number of anilines is 2. The van der Waals surface area contributed by atoms with Gasteiger partial charge in [-0.05, 0) is 58.3 Å². The number of piperidine rings is 2. The summed E-state index contributed by atoms with van der Waals surface area (Å²) in [4.78, 5) is 41.8. The smallest absolute Gasteiger partial charge is 0.365 e. The van der Waals surface area contributed by atoms with Crippen LogP contribution in [0.1, 0.15) is 46.5 Å². The van der Waals surface area contributed by atoms with E-state index in [0.29, 0.717) is 12.5 Å². The van der Waals surface area contributed by atoms with Gasteiger partial charge >= 0.3 is 17.6 Å². The zero-order valence-electron chi connectivity index (χ0n) is 22.2. The van der Waals surface area contributed by atoms with Gasteiger partial charge in [-0.1, -0.05) is 6.92 Å². The summed E-state index contributed by atoms with van der Waals surface area (Å²) in [5, 5.41) is 21.2. The van der Waals surface area contributed by atoms with Gasteiger partial charge in [0.15, 0.2) is 0 Å². The van der Waals surface area contributed by atoms with Crippen molar-refractivity contribution in [1.29, 1.82) is 0 Å². The Hall–Kier alpha value is -3.87. The summed E-state index contributed by atoms with van der Waals surface area (Å²) in [5.41, 5.74) is 7.61. The van der Waals surface area contributed by atoms with Crippen molar-refractivity contribution in [1.82, 2.24) is 9.97 Å². The highest BCUT2D eigenvalue weighted by molar-refractivity contribution is 5.65. The van der Waals surface area contributed by atoms with E-state index in [-0.39, 0.29) is 23.6 Å². The molecule has 2 saturated heterocycles. The number of rotatable bonds is 5. The van der Waals surface area contributed by atoms with E-state index in [1.807, 2.05) is 6.07 Å². The van der Waals surface area contributed by atoms with Gasteiger partial charge in [-0.2, -0.15) is 0 Å². The first-order valence-electron chi connectivity index (χ1n) is 12.7. The van der Waals surface area contributed by atoms with Gasteiger partial charge in [-0.25, -0.2) is 0 Å². The number of hydrogen-bond acceptors (Lipinski definition) is 11. The molecule has 0 aliphatic carbocycles. The van der Waals surface area contributed by atoms with Crippen LogP contribution in [0.25, 0.3) is 0 Å². The number of nitrogens with zero attached hydrogens (tertiary/aromatic N) is 6.